The van der Waals surface area contributed by atoms with Crippen LogP contribution in [0.2, 0.25) is 0 Å². The molecule has 0 radical (unpaired) electrons. The maximum absolute atomic E-state index is 3.26. The van der Waals surface area contributed by atoms with E-state index in [1.165, 1.54) is 38.9 Å². The van der Waals surface area contributed by atoms with Crippen molar-refractivity contribution in [3.05, 3.63) is 0 Å². The first-order valence-corrected chi connectivity index (χ1v) is 4.77. The molecule has 0 amide bonds. The second-order valence-corrected chi connectivity index (χ2v) is 3.39. The Hall–Kier alpha value is -0.0800. The number of likely N-dealkylation sites (N-methyl/N-ethyl adjacent to an activating group) is 1. The largest absolute Gasteiger partial charge is 0.318 e. The van der Waals surface area contributed by atoms with Gasteiger partial charge in [-0.15, -0.1) is 0 Å². The van der Waals surface area contributed by atoms with Crippen molar-refractivity contribution in [1.82, 2.24) is 10.2 Å². The van der Waals surface area contributed by atoms with E-state index in [-0.39, 0.29) is 0 Å². The lowest BCUT2D eigenvalue weighted by Crippen LogP contribution is -2.37. The van der Waals surface area contributed by atoms with Crippen LogP contribution >= 0.6 is 0 Å². The highest BCUT2D eigenvalue weighted by Gasteiger charge is 2.22. The van der Waals surface area contributed by atoms with E-state index in [9.17, 15) is 0 Å². The first-order valence-electron chi connectivity index (χ1n) is 4.77. The van der Waals surface area contributed by atoms with Gasteiger partial charge in [0.1, 0.15) is 0 Å². The maximum atomic E-state index is 3.26. The minimum atomic E-state index is 0.819. The molecule has 1 aliphatic heterocycles. The Balaban J connectivity index is 2.25. The molecular formula is C9H20N2. The summed E-state index contributed by atoms with van der Waals surface area (Å²) >= 11 is 0. The molecule has 66 valence electrons. The van der Waals surface area contributed by atoms with Gasteiger partial charge >= 0.3 is 0 Å². The molecule has 1 saturated heterocycles. The Morgan fingerprint density at radius 3 is 3.00 bits per heavy atom. The van der Waals surface area contributed by atoms with E-state index >= 15 is 0 Å². The summed E-state index contributed by atoms with van der Waals surface area (Å²) in [6.45, 7) is 6.03. The van der Waals surface area contributed by atoms with E-state index in [1.807, 2.05) is 7.05 Å². The van der Waals surface area contributed by atoms with Gasteiger partial charge in [0.25, 0.3) is 0 Å². The topological polar surface area (TPSA) is 15.3 Å². The summed E-state index contributed by atoms with van der Waals surface area (Å²) in [5.74, 6) is 0. The fourth-order valence-corrected chi connectivity index (χ4v) is 1.94. The minimum Gasteiger partial charge on any atom is -0.318 e. The zero-order chi connectivity index (χ0) is 8.10. The van der Waals surface area contributed by atoms with Crippen LogP contribution < -0.4 is 5.32 Å². The van der Waals surface area contributed by atoms with Crippen molar-refractivity contribution < 1.29 is 0 Å². The van der Waals surface area contributed by atoms with Crippen LogP contribution in [0.1, 0.15) is 26.2 Å². The highest BCUT2D eigenvalue weighted by molar-refractivity contribution is 4.79. The second kappa shape index (κ2) is 4.73. The van der Waals surface area contributed by atoms with Gasteiger partial charge in [0.15, 0.2) is 0 Å². The molecular weight excluding hydrogens is 136 g/mol. The van der Waals surface area contributed by atoms with Crippen molar-refractivity contribution in [2.45, 2.75) is 32.2 Å². The Morgan fingerprint density at radius 2 is 2.36 bits per heavy atom. The quantitative estimate of drug-likeness (QED) is 0.655. The minimum absolute atomic E-state index is 0.819. The summed E-state index contributed by atoms with van der Waals surface area (Å²) in [7, 11) is 2.04. The Morgan fingerprint density at radius 1 is 1.55 bits per heavy atom. The van der Waals surface area contributed by atoms with Crippen LogP contribution in [0.15, 0.2) is 0 Å². The van der Waals surface area contributed by atoms with Crippen molar-refractivity contribution in [3.8, 4) is 0 Å². The van der Waals surface area contributed by atoms with Crippen LogP contribution in [-0.2, 0) is 0 Å². The van der Waals surface area contributed by atoms with Gasteiger partial charge in [-0.05, 0) is 39.4 Å². The predicted molar refractivity (Wildman–Crippen MR) is 48.8 cm³/mol. The zero-order valence-electron chi connectivity index (χ0n) is 7.77. The van der Waals surface area contributed by atoms with E-state index < -0.39 is 0 Å². The Labute approximate surface area is 70.0 Å². The lowest BCUT2D eigenvalue weighted by molar-refractivity contribution is 0.251. The van der Waals surface area contributed by atoms with Gasteiger partial charge in [-0.3, -0.25) is 4.90 Å². The van der Waals surface area contributed by atoms with Crippen LogP contribution in [0.3, 0.4) is 0 Å². The average molecular weight is 156 g/mol. The standard InChI is InChI=1S/C9H20N2/c1-3-6-11-7-4-5-9(11)8-10-2/h9-10H,3-8H2,1-2H3/t9-/m1/s1. The maximum Gasteiger partial charge on any atom is 0.0220 e. The summed E-state index contributed by atoms with van der Waals surface area (Å²) in [6.07, 6.45) is 4.08. The van der Waals surface area contributed by atoms with E-state index in [2.05, 4.69) is 17.1 Å². The number of nitrogens with zero attached hydrogens (tertiary/aromatic N) is 1. The smallest absolute Gasteiger partial charge is 0.0220 e. The van der Waals surface area contributed by atoms with Crippen molar-refractivity contribution >= 4 is 0 Å². The summed E-state index contributed by atoms with van der Waals surface area (Å²) in [5, 5.41) is 3.26. The van der Waals surface area contributed by atoms with Crippen LogP contribution in [0.5, 0.6) is 0 Å². The van der Waals surface area contributed by atoms with E-state index in [1.54, 1.807) is 0 Å². The molecule has 1 N–H and O–H groups in total. The fourth-order valence-electron chi connectivity index (χ4n) is 1.94. The number of likely N-dealkylation sites (tertiary alicyclic amines) is 1. The molecule has 0 spiro atoms. The third-order valence-corrected chi connectivity index (χ3v) is 2.45. The number of rotatable bonds is 4. The second-order valence-electron chi connectivity index (χ2n) is 3.39. The van der Waals surface area contributed by atoms with E-state index in [0.29, 0.717) is 0 Å². The molecule has 0 aromatic carbocycles. The normalized spacial score (nSPS) is 26.2. The molecule has 1 atom stereocenters. The molecule has 1 fully saturated rings. The monoisotopic (exact) mass is 156 g/mol. The van der Waals surface area contributed by atoms with Gasteiger partial charge in [-0.25, -0.2) is 0 Å². The zero-order valence-corrected chi connectivity index (χ0v) is 7.77. The van der Waals surface area contributed by atoms with E-state index in [4.69, 9.17) is 0 Å². The number of hydrogen-bond donors (Lipinski definition) is 1. The van der Waals surface area contributed by atoms with Gasteiger partial charge in [0.05, 0.1) is 0 Å². The molecule has 1 rings (SSSR count). The molecule has 0 aromatic heterocycles. The van der Waals surface area contributed by atoms with Crippen LogP contribution in [0.25, 0.3) is 0 Å². The van der Waals surface area contributed by atoms with Crippen molar-refractivity contribution in [2.24, 2.45) is 0 Å². The molecule has 11 heavy (non-hydrogen) atoms. The lowest BCUT2D eigenvalue weighted by Gasteiger charge is -2.23. The van der Waals surface area contributed by atoms with Gasteiger partial charge in [-0.1, -0.05) is 6.92 Å². The third-order valence-electron chi connectivity index (χ3n) is 2.45. The summed E-state index contributed by atoms with van der Waals surface area (Å²) in [5.41, 5.74) is 0. The first kappa shape index (κ1) is 9.01. The summed E-state index contributed by atoms with van der Waals surface area (Å²) in [6, 6.07) is 0.819. The molecule has 0 unspecified atom stereocenters. The van der Waals surface area contributed by atoms with E-state index in [0.717, 1.165) is 6.04 Å². The fraction of sp³-hybridized carbons (Fsp3) is 1.00. The van der Waals surface area contributed by atoms with Gasteiger partial charge in [0, 0.05) is 12.6 Å². The molecule has 0 aliphatic carbocycles. The SMILES string of the molecule is CCCN1CCC[C@@H]1CNC. The van der Waals surface area contributed by atoms with Crippen molar-refractivity contribution in [2.75, 3.05) is 26.7 Å². The summed E-state index contributed by atoms with van der Waals surface area (Å²) in [4.78, 5) is 2.61. The molecule has 0 bridgehead atoms. The molecule has 1 heterocycles. The Kier molecular flexibility index (Phi) is 3.87. The highest BCUT2D eigenvalue weighted by Crippen LogP contribution is 2.16. The Bertz CT molecular complexity index is 91.7. The molecule has 0 aromatic rings. The molecule has 0 saturated carbocycles. The van der Waals surface area contributed by atoms with Crippen molar-refractivity contribution in [3.63, 3.8) is 0 Å². The first-order chi connectivity index (χ1) is 5.38. The predicted octanol–water partition coefficient (Wildman–Crippen LogP) is 1.08. The van der Waals surface area contributed by atoms with Crippen LogP contribution in [0, 0.1) is 0 Å². The molecule has 2 heteroatoms. The highest BCUT2D eigenvalue weighted by atomic mass is 15.2. The van der Waals surface area contributed by atoms with Gasteiger partial charge < -0.3 is 5.32 Å². The third kappa shape index (κ3) is 2.46. The van der Waals surface area contributed by atoms with Crippen LogP contribution in [0.4, 0.5) is 0 Å². The summed E-state index contributed by atoms with van der Waals surface area (Å²) < 4.78 is 0. The molecule has 2 nitrogen and oxygen atoms in total. The van der Waals surface area contributed by atoms with Crippen LogP contribution in [-0.4, -0.2) is 37.6 Å². The number of nitrogens with one attached hydrogen (secondary N) is 1. The van der Waals surface area contributed by atoms with Gasteiger partial charge in [-0.2, -0.15) is 0 Å². The molecule has 1 aliphatic rings. The average Bonchev–Trinajstić information content (AvgIpc) is 2.39. The number of hydrogen-bond acceptors (Lipinski definition) is 2. The van der Waals surface area contributed by atoms with Crippen molar-refractivity contribution in [1.29, 1.82) is 0 Å². The van der Waals surface area contributed by atoms with Gasteiger partial charge in [0.2, 0.25) is 0 Å². The lowest BCUT2D eigenvalue weighted by atomic mass is 10.2.